The summed E-state index contributed by atoms with van der Waals surface area (Å²) in [5.41, 5.74) is -0.915. The van der Waals surface area contributed by atoms with Gasteiger partial charge in [0.1, 0.15) is 17.6 Å². The van der Waals surface area contributed by atoms with Gasteiger partial charge in [0, 0.05) is 19.4 Å². The molecule has 0 aliphatic carbocycles. The first-order chi connectivity index (χ1) is 10.5. The summed E-state index contributed by atoms with van der Waals surface area (Å²) in [5, 5.41) is 2.87. The highest BCUT2D eigenvalue weighted by Crippen LogP contribution is 2.33. The van der Waals surface area contributed by atoms with Gasteiger partial charge in [0.15, 0.2) is 5.79 Å². The number of hydrogen-bond donors (Lipinski definition) is 1. The number of ether oxygens (including phenoxy) is 3. The molecule has 1 aromatic heterocycles. The molecule has 2 aliphatic heterocycles. The molecule has 1 spiro atoms. The summed E-state index contributed by atoms with van der Waals surface area (Å²) in [6, 6.07) is 3.76. The zero-order chi connectivity index (χ0) is 15.6. The van der Waals surface area contributed by atoms with E-state index in [1.807, 2.05) is 0 Å². The van der Waals surface area contributed by atoms with Gasteiger partial charge in [-0.1, -0.05) is 6.07 Å². The maximum Gasteiger partial charge on any atom is 0.433 e. The molecular weight excluding hydrogens is 301 g/mol. The molecule has 1 aromatic rings. The van der Waals surface area contributed by atoms with Crippen molar-refractivity contribution in [3.05, 3.63) is 23.9 Å². The molecule has 2 aliphatic rings. The number of halogens is 3. The van der Waals surface area contributed by atoms with Crippen molar-refractivity contribution in [1.82, 2.24) is 4.98 Å². The minimum Gasteiger partial charge on any atom is -0.381 e. The molecule has 0 bridgehead atoms. The first kappa shape index (κ1) is 15.5. The Morgan fingerprint density at radius 1 is 1.27 bits per heavy atom. The highest BCUT2D eigenvalue weighted by molar-refractivity contribution is 5.36. The summed E-state index contributed by atoms with van der Waals surface area (Å²) in [6.45, 7) is 1.94. The maximum atomic E-state index is 12.6. The van der Waals surface area contributed by atoms with Crippen LogP contribution in [-0.2, 0) is 20.4 Å². The van der Waals surface area contributed by atoms with Crippen LogP contribution < -0.4 is 5.32 Å². The van der Waals surface area contributed by atoms with Crippen molar-refractivity contribution < 1.29 is 27.4 Å². The van der Waals surface area contributed by atoms with Crippen molar-refractivity contribution in [3.63, 3.8) is 0 Å². The fraction of sp³-hybridized carbons (Fsp3) is 0.643. The van der Waals surface area contributed by atoms with Crippen LogP contribution in [0, 0.1) is 0 Å². The van der Waals surface area contributed by atoms with E-state index in [0.29, 0.717) is 39.2 Å². The Morgan fingerprint density at radius 2 is 2.05 bits per heavy atom. The monoisotopic (exact) mass is 318 g/mol. The molecular formula is C14H17F3N2O3. The Balaban J connectivity index is 1.55. The number of nitrogens with one attached hydrogen (secondary N) is 1. The van der Waals surface area contributed by atoms with Crippen LogP contribution in [0.25, 0.3) is 0 Å². The van der Waals surface area contributed by atoms with E-state index in [-0.39, 0.29) is 11.9 Å². The van der Waals surface area contributed by atoms with Gasteiger partial charge in [0.05, 0.1) is 19.8 Å². The molecule has 1 N–H and O–H groups in total. The molecule has 0 amide bonds. The molecule has 2 fully saturated rings. The number of anilines is 1. The van der Waals surface area contributed by atoms with Gasteiger partial charge in [0.25, 0.3) is 0 Å². The van der Waals surface area contributed by atoms with Crippen LogP contribution >= 0.6 is 0 Å². The fourth-order valence-corrected chi connectivity index (χ4v) is 2.57. The number of aromatic nitrogens is 1. The summed E-state index contributed by atoms with van der Waals surface area (Å²) in [6.07, 6.45) is -3.32. The Bertz CT molecular complexity index is 518. The normalized spacial score (nSPS) is 24.6. The minimum atomic E-state index is -4.45. The largest absolute Gasteiger partial charge is 0.433 e. The second kappa shape index (κ2) is 6.02. The summed E-state index contributed by atoms with van der Waals surface area (Å²) in [4.78, 5) is 3.56. The second-order valence-corrected chi connectivity index (χ2v) is 5.36. The Kier molecular flexibility index (Phi) is 4.24. The zero-order valence-corrected chi connectivity index (χ0v) is 11.9. The molecule has 22 heavy (non-hydrogen) atoms. The van der Waals surface area contributed by atoms with Crippen molar-refractivity contribution in [2.75, 3.05) is 31.7 Å². The third kappa shape index (κ3) is 3.50. The molecule has 8 heteroatoms. The lowest BCUT2D eigenvalue weighted by atomic mass is 10.1. The lowest BCUT2D eigenvalue weighted by molar-refractivity contribution is -0.209. The fourth-order valence-electron chi connectivity index (χ4n) is 2.57. The third-order valence-electron chi connectivity index (χ3n) is 3.72. The van der Waals surface area contributed by atoms with Crippen molar-refractivity contribution in [2.24, 2.45) is 0 Å². The molecule has 3 rings (SSSR count). The van der Waals surface area contributed by atoms with Gasteiger partial charge in [-0.2, -0.15) is 13.2 Å². The van der Waals surface area contributed by atoms with Gasteiger partial charge < -0.3 is 19.5 Å². The van der Waals surface area contributed by atoms with Crippen LogP contribution in [0.5, 0.6) is 0 Å². The first-order valence-electron chi connectivity index (χ1n) is 7.15. The first-order valence-corrected chi connectivity index (χ1v) is 7.15. The quantitative estimate of drug-likeness (QED) is 0.928. The average molecular weight is 318 g/mol. The predicted octanol–water partition coefficient (Wildman–Crippen LogP) is 2.43. The predicted molar refractivity (Wildman–Crippen MR) is 71.3 cm³/mol. The highest BCUT2D eigenvalue weighted by Gasteiger charge is 2.42. The van der Waals surface area contributed by atoms with Gasteiger partial charge in [-0.05, 0) is 12.1 Å². The molecule has 1 unspecified atom stereocenters. The van der Waals surface area contributed by atoms with E-state index in [1.165, 1.54) is 12.1 Å². The van der Waals surface area contributed by atoms with E-state index in [0.717, 1.165) is 6.07 Å². The lowest BCUT2D eigenvalue weighted by Crippen LogP contribution is -2.38. The Morgan fingerprint density at radius 3 is 2.77 bits per heavy atom. The number of hydrogen-bond acceptors (Lipinski definition) is 5. The number of alkyl halides is 3. The molecule has 122 valence electrons. The summed E-state index contributed by atoms with van der Waals surface area (Å²) in [7, 11) is 0. The van der Waals surface area contributed by atoms with Gasteiger partial charge >= 0.3 is 6.18 Å². The SMILES string of the molecule is FC(F)(F)c1cccc(NCC2COC3(CCOCC3)O2)n1. The van der Waals surface area contributed by atoms with Crippen LogP contribution in [0.15, 0.2) is 18.2 Å². The molecule has 3 heterocycles. The molecule has 0 radical (unpaired) electrons. The van der Waals surface area contributed by atoms with E-state index in [2.05, 4.69) is 10.3 Å². The van der Waals surface area contributed by atoms with E-state index in [9.17, 15) is 13.2 Å². The highest BCUT2D eigenvalue weighted by atomic mass is 19.4. The Labute approximate surface area is 125 Å². The van der Waals surface area contributed by atoms with Gasteiger partial charge in [-0.15, -0.1) is 0 Å². The van der Waals surface area contributed by atoms with Crippen LogP contribution in [0.3, 0.4) is 0 Å². The topological polar surface area (TPSA) is 52.6 Å². The smallest absolute Gasteiger partial charge is 0.381 e. The van der Waals surface area contributed by atoms with Crippen molar-refractivity contribution in [1.29, 1.82) is 0 Å². The molecule has 5 nitrogen and oxygen atoms in total. The number of pyridine rings is 1. The van der Waals surface area contributed by atoms with E-state index < -0.39 is 17.7 Å². The van der Waals surface area contributed by atoms with Crippen LogP contribution in [0.2, 0.25) is 0 Å². The molecule has 1 atom stereocenters. The second-order valence-electron chi connectivity index (χ2n) is 5.36. The van der Waals surface area contributed by atoms with Crippen LogP contribution in [0.4, 0.5) is 19.0 Å². The van der Waals surface area contributed by atoms with E-state index >= 15 is 0 Å². The van der Waals surface area contributed by atoms with E-state index in [4.69, 9.17) is 14.2 Å². The van der Waals surface area contributed by atoms with Crippen molar-refractivity contribution in [2.45, 2.75) is 30.9 Å². The summed E-state index contributed by atoms with van der Waals surface area (Å²) >= 11 is 0. The maximum absolute atomic E-state index is 12.6. The van der Waals surface area contributed by atoms with Gasteiger partial charge in [-0.3, -0.25) is 0 Å². The number of nitrogens with zero attached hydrogens (tertiary/aromatic N) is 1. The van der Waals surface area contributed by atoms with Crippen molar-refractivity contribution >= 4 is 5.82 Å². The van der Waals surface area contributed by atoms with Gasteiger partial charge in [-0.25, -0.2) is 4.98 Å². The Hall–Kier alpha value is -1.38. The lowest BCUT2D eigenvalue weighted by Gasteiger charge is -2.31. The molecule has 0 aromatic carbocycles. The molecule has 0 saturated carbocycles. The third-order valence-corrected chi connectivity index (χ3v) is 3.72. The van der Waals surface area contributed by atoms with E-state index in [1.54, 1.807) is 0 Å². The summed E-state index contributed by atoms with van der Waals surface area (Å²) in [5.74, 6) is -0.419. The minimum absolute atomic E-state index is 0.173. The van der Waals surface area contributed by atoms with Crippen LogP contribution in [-0.4, -0.2) is 43.2 Å². The van der Waals surface area contributed by atoms with Crippen LogP contribution in [0.1, 0.15) is 18.5 Å². The standard InChI is InChI=1S/C14H17F3N2O3/c15-14(16,17)11-2-1-3-12(19-11)18-8-10-9-21-13(22-10)4-6-20-7-5-13/h1-3,10H,4-9H2,(H,18,19). The molecule has 2 saturated heterocycles. The van der Waals surface area contributed by atoms with Crippen molar-refractivity contribution in [3.8, 4) is 0 Å². The summed E-state index contributed by atoms with van der Waals surface area (Å²) < 4.78 is 54.7. The van der Waals surface area contributed by atoms with Gasteiger partial charge in [0.2, 0.25) is 0 Å². The zero-order valence-electron chi connectivity index (χ0n) is 11.9. The number of rotatable bonds is 3. The average Bonchev–Trinajstić information content (AvgIpc) is 2.88.